The van der Waals surface area contributed by atoms with Crippen LogP contribution in [0.2, 0.25) is 5.02 Å². The molecule has 7 heteroatoms. The average Bonchev–Trinajstić information content (AvgIpc) is 2.37. The van der Waals surface area contributed by atoms with Crippen LogP contribution in [0, 0.1) is 10.1 Å². The first-order valence-electron chi connectivity index (χ1n) is 5.84. The summed E-state index contributed by atoms with van der Waals surface area (Å²) in [7, 11) is 0. The lowest BCUT2D eigenvalue weighted by molar-refractivity contribution is -0.384. The van der Waals surface area contributed by atoms with Crippen LogP contribution in [0.4, 0.5) is 5.69 Å². The molecule has 2 N–H and O–H groups in total. The van der Waals surface area contributed by atoms with E-state index in [1.165, 1.54) is 18.2 Å². The van der Waals surface area contributed by atoms with Gasteiger partial charge in [0.1, 0.15) is 0 Å². The monoisotopic (exact) mass is 286 g/mol. The molecule has 0 radical (unpaired) electrons. The van der Waals surface area contributed by atoms with Crippen molar-refractivity contribution < 1.29 is 14.8 Å². The van der Waals surface area contributed by atoms with Gasteiger partial charge in [0.25, 0.3) is 11.6 Å². The van der Waals surface area contributed by atoms with E-state index in [-0.39, 0.29) is 28.9 Å². The van der Waals surface area contributed by atoms with E-state index in [1.807, 2.05) is 6.92 Å². The molecule has 0 heterocycles. The molecule has 0 aromatic heterocycles. The molecule has 1 aromatic rings. The Labute approximate surface area is 115 Å². The number of nitrogens with zero attached hydrogens (tertiary/aromatic N) is 1. The van der Waals surface area contributed by atoms with Gasteiger partial charge < -0.3 is 10.4 Å². The molecule has 0 saturated carbocycles. The van der Waals surface area contributed by atoms with Crippen molar-refractivity contribution >= 4 is 23.2 Å². The number of carbonyl (C=O) groups excluding carboxylic acids is 1. The number of halogens is 1. The molecule has 0 aliphatic heterocycles. The second-order valence-electron chi connectivity index (χ2n) is 4.05. The van der Waals surface area contributed by atoms with Gasteiger partial charge in [-0.3, -0.25) is 14.9 Å². The Kier molecular flexibility index (Phi) is 5.72. The smallest absolute Gasteiger partial charge is 0.271 e. The molecule has 104 valence electrons. The summed E-state index contributed by atoms with van der Waals surface area (Å²) < 4.78 is 0. The Morgan fingerprint density at radius 3 is 2.74 bits per heavy atom. The maximum absolute atomic E-state index is 11.9. The first kappa shape index (κ1) is 15.4. The fraction of sp³-hybridized carbons (Fsp3) is 0.417. The van der Waals surface area contributed by atoms with Crippen LogP contribution in [-0.2, 0) is 0 Å². The minimum absolute atomic E-state index is 0.0333. The zero-order valence-corrected chi connectivity index (χ0v) is 11.2. The molecule has 0 aliphatic rings. The van der Waals surface area contributed by atoms with Crippen molar-refractivity contribution in [1.29, 1.82) is 0 Å². The number of non-ortho nitro benzene ring substituents is 1. The van der Waals surface area contributed by atoms with Gasteiger partial charge >= 0.3 is 0 Å². The van der Waals surface area contributed by atoms with Crippen LogP contribution < -0.4 is 5.32 Å². The molecule has 1 atom stereocenters. The summed E-state index contributed by atoms with van der Waals surface area (Å²) in [4.78, 5) is 22.0. The average molecular weight is 287 g/mol. The van der Waals surface area contributed by atoms with E-state index in [2.05, 4.69) is 5.32 Å². The summed E-state index contributed by atoms with van der Waals surface area (Å²) in [5.41, 5.74) is -0.0940. The largest absolute Gasteiger partial charge is 0.396 e. The normalized spacial score (nSPS) is 11.9. The highest BCUT2D eigenvalue weighted by molar-refractivity contribution is 6.31. The SMILES string of the molecule is CCC(CCO)NC(=O)c1cc(Cl)cc([N+](=O)[O-])c1. The number of aliphatic hydroxyl groups excluding tert-OH is 1. The fourth-order valence-electron chi connectivity index (χ4n) is 1.61. The summed E-state index contributed by atoms with van der Waals surface area (Å²) in [6.45, 7) is 1.84. The quantitative estimate of drug-likeness (QED) is 0.619. The van der Waals surface area contributed by atoms with Crippen molar-refractivity contribution in [3.63, 3.8) is 0 Å². The number of nitrogens with one attached hydrogen (secondary N) is 1. The predicted molar refractivity (Wildman–Crippen MR) is 71.4 cm³/mol. The van der Waals surface area contributed by atoms with Gasteiger partial charge in [-0.25, -0.2) is 0 Å². The molecule has 0 aliphatic carbocycles. The summed E-state index contributed by atoms with van der Waals surface area (Å²) >= 11 is 5.75. The van der Waals surface area contributed by atoms with Gasteiger partial charge in [-0.2, -0.15) is 0 Å². The predicted octanol–water partition coefficient (Wildman–Crippen LogP) is 2.14. The lowest BCUT2D eigenvalue weighted by Crippen LogP contribution is -2.35. The third-order valence-electron chi connectivity index (χ3n) is 2.66. The Morgan fingerprint density at radius 1 is 1.53 bits per heavy atom. The molecule has 1 rings (SSSR count). The highest BCUT2D eigenvalue weighted by Crippen LogP contribution is 2.21. The first-order chi connectivity index (χ1) is 8.97. The van der Waals surface area contributed by atoms with E-state index in [1.54, 1.807) is 0 Å². The van der Waals surface area contributed by atoms with E-state index in [9.17, 15) is 14.9 Å². The molecule has 0 spiro atoms. The summed E-state index contributed by atoms with van der Waals surface area (Å²) in [5.74, 6) is -0.439. The Balaban J connectivity index is 2.90. The number of nitro benzene ring substituents is 1. The van der Waals surface area contributed by atoms with Crippen LogP contribution in [-0.4, -0.2) is 28.6 Å². The molecule has 0 fully saturated rings. The number of nitro groups is 1. The lowest BCUT2D eigenvalue weighted by Gasteiger charge is -2.15. The summed E-state index contributed by atoms with van der Waals surface area (Å²) in [6, 6.07) is 3.56. The molecule has 1 amide bonds. The van der Waals surface area contributed by atoms with Gasteiger partial charge in [-0.05, 0) is 18.9 Å². The highest BCUT2D eigenvalue weighted by Gasteiger charge is 2.16. The molecule has 0 saturated heterocycles. The lowest BCUT2D eigenvalue weighted by atomic mass is 10.1. The van der Waals surface area contributed by atoms with Gasteiger partial charge in [0, 0.05) is 35.4 Å². The Hall–Kier alpha value is -1.66. The van der Waals surface area contributed by atoms with Crippen LogP contribution in [0.15, 0.2) is 18.2 Å². The maximum atomic E-state index is 11.9. The van der Waals surface area contributed by atoms with Gasteiger partial charge in [-0.15, -0.1) is 0 Å². The molecule has 1 unspecified atom stereocenters. The van der Waals surface area contributed by atoms with Crippen LogP contribution in [0.5, 0.6) is 0 Å². The van der Waals surface area contributed by atoms with Crippen molar-refractivity contribution in [3.05, 3.63) is 38.9 Å². The Bertz CT molecular complexity index is 479. The van der Waals surface area contributed by atoms with E-state index in [4.69, 9.17) is 16.7 Å². The molecule has 6 nitrogen and oxygen atoms in total. The topological polar surface area (TPSA) is 92.5 Å². The van der Waals surface area contributed by atoms with Crippen LogP contribution >= 0.6 is 11.6 Å². The zero-order chi connectivity index (χ0) is 14.4. The van der Waals surface area contributed by atoms with E-state index >= 15 is 0 Å². The van der Waals surface area contributed by atoms with Crippen LogP contribution in [0.1, 0.15) is 30.1 Å². The summed E-state index contributed by atoms with van der Waals surface area (Å²) in [5, 5.41) is 22.4. The number of aliphatic hydroxyl groups is 1. The molecular formula is C12H15ClN2O4. The molecule has 0 bridgehead atoms. The standard InChI is InChI=1S/C12H15ClN2O4/c1-2-10(3-4-16)14-12(17)8-5-9(13)7-11(6-8)15(18)19/h5-7,10,16H,2-4H2,1H3,(H,14,17). The van der Waals surface area contributed by atoms with E-state index in [0.29, 0.717) is 12.8 Å². The fourth-order valence-corrected chi connectivity index (χ4v) is 1.84. The van der Waals surface area contributed by atoms with Crippen molar-refractivity contribution in [2.45, 2.75) is 25.8 Å². The van der Waals surface area contributed by atoms with E-state index in [0.717, 1.165) is 0 Å². The number of hydrogen-bond acceptors (Lipinski definition) is 4. The van der Waals surface area contributed by atoms with Gasteiger partial charge in [0.15, 0.2) is 0 Å². The van der Waals surface area contributed by atoms with Gasteiger partial charge in [0.05, 0.1) is 4.92 Å². The van der Waals surface area contributed by atoms with Crippen LogP contribution in [0.3, 0.4) is 0 Å². The number of rotatable bonds is 6. The second kappa shape index (κ2) is 7.06. The van der Waals surface area contributed by atoms with Crippen molar-refractivity contribution in [1.82, 2.24) is 5.32 Å². The highest BCUT2D eigenvalue weighted by atomic mass is 35.5. The maximum Gasteiger partial charge on any atom is 0.271 e. The first-order valence-corrected chi connectivity index (χ1v) is 6.22. The minimum atomic E-state index is -0.603. The number of carbonyl (C=O) groups is 1. The molecule has 19 heavy (non-hydrogen) atoms. The van der Waals surface area contributed by atoms with Gasteiger partial charge in [0.2, 0.25) is 0 Å². The second-order valence-corrected chi connectivity index (χ2v) is 4.48. The van der Waals surface area contributed by atoms with Gasteiger partial charge in [-0.1, -0.05) is 18.5 Å². The zero-order valence-electron chi connectivity index (χ0n) is 10.4. The van der Waals surface area contributed by atoms with Crippen molar-refractivity contribution in [2.24, 2.45) is 0 Å². The Morgan fingerprint density at radius 2 is 2.21 bits per heavy atom. The third kappa shape index (κ3) is 4.50. The summed E-state index contributed by atoms with van der Waals surface area (Å²) in [6.07, 6.45) is 1.10. The number of benzene rings is 1. The number of hydrogen-bond donors (Lipinski definition) is 2. The molecule has 1 aromatic carbocycles. The van der Waals surface area contributed by atoms with Crippen molar-refractivity contribution in [2.75, 3.05) is 6.61 Å². The van der Waals surface area contributed by atoms with Crippen LogP contribution in [0.25, 0.3) is 0 Å². The molecular weight excluding hydrogens is 272 g/mol. The number of amides is 1. The minimum Gasteiger partial charge on any atom is -0.396 e. The van der Waals surface area contributed by atoms with Crippen molar-refractivity contribution in [3.8, 4) is 0 Å². The third-order valence-corrected chi connectivity index (χ3v) is 2.88. The van der Waals surface area contributed by atoms with E-state index < -0.39 is 10.8 Å².